The van der Waals surface area contributed by atoms with Gasteiger partial charge >= 0.3 is 0 Å². The minimum Gasteiger partial charge on any atom is -0.359 e. The minimum absolute atomic E-state index is 0. The monoisotopic (exact) mass is 379 g/mol. The van der Waals surface area contributed by atoms with Crippen molar-refractivity contribution in [3.05, 3.63) is 29.5 Å². The first-order chi connectivity index (χ1) is 12.2. The van der Waals surface area contributed by atoms with E-state index in [1.54, 1.807) is 0 Å². The van der Waals surface area contributed by atoms with Gasteiger partial charge in [-0.25, -0.2) is 4.39 Å². The summed E-state index contributed by atoms with van der Waals surface area (Å²) in [6, 6.07) is -0.548. The predicted molar refractivity (Wildman–Crippen MR) is 93.2 cm³/mol. The number of amides is 1. The summed E-state index contributed by atoms with van der Waals surface area (Å²) in [6.45, 7) is 2.14. The first-order valence-corrected chi connectivity index (χ1v) is 7.80. The number of piperazine rings is 1. The summed E-state index contributed by atoms with van der Waals surface area (Å²) in [5.41, 5.74) is 0.704. The standard InChI is InChI=1S/C15H14FN7O2.ClH/c16-9-6-19-12(10-7-20-22-21-10)13-11(9)8(5-18-13)14(24)15(25)23-3-1-17-2-4-23;/h5-7,10,17-18H,1-4H2;1H. The van der Waals surface area contributed by atoms with Gasteiger partial charge in [-0.3, -0.25) is 14.6 Å². The largest absolute Gasteiger partial charge is 0.359 e. The summed E-state index contributed by atoms with van der Waals surface area (Å²) in [7, 11) is 0. The number of halogens is 2. The van der Waals surface area contributed by atoms with Gasteiger partial charge in [-0.1, -0.05) is 0 Å². The summed E-state index contributed by atoms with van der Waals surface area (Å²) >= 11 is 0. The summed E-state index contributed by atoms with van der Waals surface area (Å²) in [5, 5.41) is 14.2. The van der Waals surface area contributed by atoms with Crippen LogP contribution in [0, 0.1) is 5.82 Å². The number of nitrogens with one attached hydrogen (secondary N) is 2. The zero-order valence-electron chi connectivity index (χ0n) is 13.5. The molecule has 1 unspecified atom stereocenters. The van der Waals surface area contributed by atoms with E-state index in [-0.39, 0.29) is 23.4 Å². The minimum atomic E-state index is -0.745. The number of fused-ring (bicyclic) bond motifs is 1. The van der Waals surface area contributed by atoms with E-state index in [0.717, 1.165) is 6.20 Å². The molecular formula is C15H15ClFN7O2. The number of carbonyl (C=O) groups excluding carboxylic acids is 2. The quantitative estimate of drug-likeness (QED) is 0.616. The van der Waals surface area contributed by atoms with Crippen LogP contribution in [0.2, 0.25) is 0 Å². The lowest BCUT2D eigenvalue weighted by Crippen LogP contribution is -2.48. The SMILES string of the molecule is Cl.O=C(C(=O)N1CCNCC1)c1c[nH]c2c(C3C=NN=N3)ncc(F)c12. The third-order valence-corrected chi connectivity index (χ3v) is 4.25. The lowest BCUT2D eigenvalue weighted by molar-refractivity contribution is -0.126. The van der Waals surface area contributed by atoms with Gasteiger partial charge in [-0.05, 0) is 5.22 Å². The molecule has 4 heterocycles. The first-order valence-electron chi connectivity index (χ1n) is 7.80. The van der Waals surface area contributed by atoms with Crippen molar-refractivity contribution in [2.24, 2.45) is 15.4 Å². The number of Topliss-reactive ketones (excluding diaryl/α,β-unsaturated/α-hetero) is 1. The van der Waals surface area contributed by atoms with E-state index in [2.05, 4.69) is 30.7 Å². The number of rotatable bonds is 3. The Balaban J connectivity index is 0.00000196. The number of aromatic nitrogens is 2. The van der Waals surface area contributed by atoms with Crippen molar-refractivity contribution in [1.29, 1.82) is 0 Å². The number of hydrogen-bond donors (Lipinski definition) is 2. The fourth-order valence-electron chi connectivity index (χ4n) is 2.99. The normalized spacial score (nSPS) is 19.0. The number of nitrogens with zero attached hydrogens (tertiary/aromatic N) is 5. The van der Waals surface area contributed by atoms with Gasteiger partial charge in [0.05, 0.1) is 34.6 Å². The van der Waals surface area contributed by atoms with Crippen LogP contribution in [-0.4, -0.2) is 59.0 Å². The molecule has 1 fully saturated rings. The molecule has 1 saturated heterocycles. The lowest BCUT2D eigenvalue weighted by Gasteiger charge is -2.26. The number of carbonyl (C=O) groups is 2. The van der Waals surface area contributed by atoms with Crippen LogP contribution in [0.15, 0.2) is 27.8 Å². The van der Waals surface area contributed by atoms with Gasteiger partial charge in [0, 0.05) is 32.4 Å². The number of ketones is 1. The number of H-pyrrole nitrogens is 1. The highest BCUT2D eigenvalue weighted by atomic mass is 35.5. The van der Waals surface area contributed by atoms with E-state index in [4.69, 9.17) is 0 Å². The van der Waals surface area contributed by atoms with E-state index >= 15 is 0 Å². The van der Waals surface area contributed by atoms with E-state index in [0.29, 0.717) is 37.4 Å². The molecule has 2 aromatic heterocycles. The summed E-state index contributed by atoms with van der Waals surface area (Å²) in [4.78, 5) is 33.4. The molecule has 0 bridgehead atoms. The maximum Gasteiger partial charge on any atom is 0.295 e. The summed E-state index contributed by atoms with van der Waals surface area (Å²) in [6.07, 6.45) is 3.82. The van der Waals surface area contributed by atoms with Crippen molar-refractivity contribution in [3.63, 3.8) is 0 Å². The predicted octanol–water partition coefficient (Wildman–Crippen LogP) is 1.23. The van der Waals surface area contributed by atoms with Crippen molar-refractivity contribution in [3.8, 4) is 0 Å². The smallest absolute Gasteiger partial charge is 0.295 e. The molecule has 0 radical (unpaired) electrons. The van der Waals surface area contributed by atoms with Gasteiger partial charge in [0.15, 0.2) is 11.9 Å². The Hall–Kier alpha value is -2.72. The molecule has 0 spiro atoms. The molecule has 2 N–H and O–H groups in total. The second-order valence-corrected chi connectivity index (χ2v) is 5.73. The maximum absolute atomic E-state index is 14.4. The molecule has 2 aliphatic heterocycles. The molecule has 1 amide bonds. The van der Waals surface area contributed by atoms with Crippen molar-refractivity contribution < 1.29 is 14.0 Å². The van der Waals surface area contributed by atoms with Crippen LogP contribution in [0.5, 0.6) is 0 Å². The van der Waals surface area contributed by atoms with E-state index < -0.39 is 23.5 Å². The number of hydrogen-bond acceptors (Lipinski definition) is 7. The third kappa shape index (κ3) is 2.97. The Morgan fingerprint density at radius 1 is 1.27 bits per heavy atom. The van der Waals surface area contributed by atoms with Gasteiger partial charge in [0.25, 0.3) is 11.7 Å². The molecule has 2 aromatic rings. The highest BCUT2D eigenvalue weighted by molar-refractivity contribution is 6.44. The molecule has 1 atom stereocenters. The molecule has 4 rings (SSSR count). The number of aromatic amines is 1. The zero-order valence-corrected chi connectivity index (χ0v) is 14.3. The molecule has 26 heavy (non-hydrogen) atoms. The topological polar surface area (TPSA) is 115 Å². The second kappa shape index (κ2) is 7.26. The van der Waals surface area contributed by atoms with Crippen LogP contribution in [0.3, 0.4) is 0 Å². The Morgan fingerprint density at radius 3 is 2.73 bits per heavy atom. The van der Waals surface area contributed by atoms with Crippen molar-refractivity contribution in [2.45, 2.75) is 6.04 Å². The Morgan fingerprint density at radius 2 is 2.04 bits per heavy atom. The van der Waals surface area contributed by atoms with Crippen LogP contribution in [0.1, 0.15) is 22.1 Å². The van der Waals surface area contributed by atoms with E-state index in [1.807, 2.05) is 0 Å². The van der Waals surface area contributed by atoms with Gasteiger partial charge < -0.3 is 15.2 Å². The third-order valence-electron chi connectivity index (χ3n) is 4.25. The zero-order chi connectivity index (χ0) is 17.4. The molecule has 0 aliphatic carbocycles. The van der Waals surface area contributed by atoms with Crippen LogP contribution in [0.25, 0.3) is 10.9 Å². The molecule has 9 nitrogen and oxygen atoms in total. The van der Waals surface area contributed by atoms with Crippen LogP contribution in [0.4, 0.5) is 4.39 Å². The number of pyridine rings is 1. The average Bonchev–Trinajstić information content (AvgIpc) is 3.32. The fourth-order valence-corrected chi connectivity index (χ4v) is 2.99. The highest BCUT2D eigenvalue weighted by Crippen LogP contribution is 2.29. The van der Waals surface area contributed by atoms with Crippen molar-refractivity contribution in [1.82, 2.24) is 20.2 Å². The first kappa shape index (κ1) is 18.1. The van der Waals surface area contributed by atoms with Crippen molar-refractivity contribution >= 4 is 41.2 Å². The molecule has 11 heteroatoms. The van der Waals surface area contributed by atoms with Gasteiger partial charge in [0.2, 0.25) is 0 Å². The Labute approximate surface area is 153 Å². The Bertz CT molecular complexity index is 908. The van der Waals surface area contributed by atoms with Crippen molar-refractivity contribution in [2.75, 3.05) is 26.2 Å². The van der Waals surface area contributed by atoms with Gasteiger partial charge in [-0.2, -0.15) is 5.11 Å². The lowest BCUT2D eigenvalue weighted by atomic mass is 10.1. The maximum atomic E-state index is 14.4. The molecule has 2 aliphatic rings. The average molecular weight is 380 g/mol. The summed E-state index contributed by atoms with van der Waals surface area (Å²) in [5.74, 6) is -2.06. The van der Waals surface area contributed by atoms with E-state index in [9.17, 15) is 14.0 Å². The van der Waals surface area contributed by atoms with Gasteiger partial charge in [0.1, 0.15) is 0 Å². The highest BCUT2D eigenvalue weighted by Gasteiger charge is 2.29. The summed E-state index contributed by atoms with van der Waals surface area (Å²) < 4.78 is 14.4. The van der Waals surface area contributed by atoms with E-state index in [1.165, 1.54) is 17.3 Å². The molecule has 136 valence electrons. The second-order valence-electron chi connectivity index (χ2n) is 5.73. The van der Waals surface area contributed by atoms with Crippen LogP contribution >= 0.6 is 12.4 Å². The van der Waals surface area contributed by atoms with Gasteiger partial charge in [-0.15, -0.1) is 17.5 Å². The molecular weight excluding hydrogens is 365 g/mol. The Kier molecular flexibility index (Phi) is 5.05. The molecule has 0 aromatic carbocycles. The molecule has 0 saturated carbocycles. The van der Waals surface area contributed by atoms with Crippen LogP contribution in [-0.2, 0) is 4.79 Å². The fraction of sp³-hybridized carbons (Fsp3) is 0.333. The van der Waals surface area contributed by atoms with Crippen LogP contribution < -0.4 is 5.32 Å².